The SMILES string of the molecule is Cc1nncocco1. The van der Waals surface area contributed by atoms with Crippen molar-refractivity contribution in [1.29, 1.82) is 0 Å². The van der Waals surface area contributed by atoms with E-state index in [1.807, 2.05) is 0 Å². The number of nitrogens with zero attached hydrogens (tertiary/aromatic N) is 2. The average molecular weight is 126 g/mol. The molecular weight excluding hydrogens is 120 g/mol. The molecule has 4 heteroatoms. The molecule has 0 N–H and O–H groups in total. The molecule has 0 saturated carbocycles. The molecule has 0 unspecified atom stereocenters. The molecule has 48 valence electrons. The van der Waals surface area contributed by atoms with Crippen LogP contribution in [0, 0.1) is 6.92 Å². The van der Waals surface area contributed by atoms with Crippen LogP contribution in [0.4, 0.5) is 0 Å². The smallest absolute Gasteiger partial charge is 0.211 e. The van der Waals surface area contributed by atoms with E-state index >= 15 is 0 Å². The zero-order valence-corrected chi connectivity index (χ0v) is 4.94. The van der Waals surface area contributed by atoms with Gasteiger partial charge in [-0.3, -0.25) is 0 Å². The van der Waals surface area contributed by atoms with Gasteiger partial charge in [0.25, 0.3) is 0 Å². The van der Waals surface area contributed by atoms with Gasteiger partial charge in [-0.05, 0) is 0 Å². The van der Waals surface area contributed by atoms with Gasteiger partial charge in [0.1, 0.15) is 12.5 Å². The van der Waals surface area contributed by atoms with Crippen LogP contribution in [0.25, 0.3) is 0 Å². The molecule has 0 aromatic carbocycles. The predicted octanol–water partition coefficient (Wildman–Crippen LogP) is 1.10. The van der Waals surface area contributed by atoms with Gasteiger partial charge in [0, 0.05) is 6.92 Å². The molecular formula is C5H6N2O2. The summed E-state index contributed by atoms with van der Waals surface area (Å²) in [7, 11) is 0. The third-order valence-corrected chi connectivity index (χ3v) is 0.679. The third-order valence-electron chi connectivity index (χ3n) is 0.679. The summed E-state index contributed by atoms with van der Waals surface area (Å²) in [5.41, 5.74) is 0. The maximum Gasteiger partial charge on any atom is 0.211 e. The van der Waals surface area contributed by atoms with Gasteiger partial charge < -0.3 is 8.83 Å². The van der Waals surface area contributed by atoms with Crippen LogP contribution in [-0.2, 0) is 0 Å². The van der Waals surface area contributed by atoms with E-state index in [-0.39, 0.29) is 0 Å². The van der Waals surface area contributed by atoms with Crippen molar-refractivity contribution in [2.24, 2.45) is 0 Å². The normalized spacial score (nSPS) is 8.56. The molecule has 1 heterocycles. The number of aromatic nitrogens is 2. The molecule has 0 atom stereocenters. The van der Waals surface area contributed by atoms with E-state index in [2.05, 4.69) is 14.6 Å². The first-order valence-corrected chi connectivity index (χ1v) is 2.43. The molecule has 0 radical (unpaired) electrons. The van der Waals surface area contributed by atoms with Crippen LogP contribution in [0.3, 0.4) is 0 Å². The van der Waals surface area contributed by atoms with Gasteiger partial charge in [-0.15, -0.1) is 10.2 Å². The summed E-state index contributed by atoms with van der Waals surface area (Å²) in [4.78, 5) is 0. The summed E-state index contributed by atoms with van der Waals surface area (Å²) in [6, 6.07) is 0. The first kappa shape index (κ1) is 5.81. The lowest BCUT2D eigenvalue weighted by molar-refractivity contribution is 0.434. The molecule has 0 aliphatic rings. The highest BCUT2D eigenvalue weighted by molar-refractivity contribution is 4.61. The van der Waals surface area contributed by atoms with Gasteiger partial charge in [0.15, 0.2) is 0 Å². The van der Waals surface area contributed by atoms with Crippen LogP contribution in [0.5, 0.6) is 0 Å². The van der Waals surface area contributed by atoms with Gasteiger partial charge in [-0.1, -0.05) is 0 Å². The fraction of sp³-hybridized carbons (Fsp3) is 0.200. The molecule has 1 aromatic rings. The van der Waals surface area contributed by atoms with Crippen molar-refractivity contribution in [3.05, 3.63) is 24.8 Å². The number of hydrogen-bond acceptors (Lipinski definition) is 4. The van der Waals surface area contributed by atoms with Crippen LogP contribution in [0.2, 0.25) is 0 Å². The summed E-state index contributed by atoms with van der Waals surface area (Å²) >= 11 is 0. The zero-order chi connectivity index (χ0) is 6.53. The van der Waals surface area contributed by atoms with Crippen molar-refractivity contribution in [1.82, 2.24) is 10.2 Å². The Morgan fingerprint density at radius 2 is 2.33 bits per heavy atom. The standard InChI is InChI=1S/C5H6N2O2/c1-5-7-6-4-8-2-3-9-5/h2-4H,1H3. The Hall–Kier alpha value is -1.32. The fourth-order valence-corrected chi connectivity index (χ4v) is 0.349. The number of hydrogen-bond donors (Lipinski definition) is 0. The Kier molecular flexibility index (Phi) is 1.85. The van der Waals surface area contributed by atoms with E-state index < -0.39 is 0 Å². The second-order valence-corrected chi connectivity index (χ2v) is 1.37. The maximum absolute atomic E-state index is 4.81. The topological polar surface area (TPSA) is 52.1 Å². The molecule has 9 heavy (non-hydrogen) atoms. The summed E-state index contributed by atoms with van der Waals surface area (Å²) in [6.07, 6.45) is 3.99. The Bertz CT molecular complexity index is 195. The predicted molar refractivity (Wildman–Crippen MR) is 28.9 cm³/mol. The second-order valence-electron chi connectivity index (χ2n) is 1.37. The van der Waals surface area contributed by atoms with Gasteiger partial charge in [-0.2, -0.15) is 0 Å². The third kappa shape index (κ3) is 1.94. The van der Waals surface area contributed by atoms with E-state index in [9.17, 15) is 0 Å². The molecule has 0 aliphatic carbocycles. The molecule has 1 aromatic heterocycles. The van der Waals surface area contributed by atoms with Crippen LogP contribution in [-0.4, -0.2) is 10.2 Å². The Balaban J connectivity index is 3.08. The quantitative estimate of drug-likeness (QED) is 0.522. The van der Waals surface area contributed by atoms with Gasteiger partial charge in [-0.25, -0.2) is 0 Å². The monoisotopic (exact) mass is 126 g/mol. The lowest BCUT2D eigenvalue weighted by atomic mass is 10.8. The zero-order valence-electron chi connectivity index (χ0n) is 4.94. The highest BCUT2D eigenvalue weighted by Gasteiger charge is 1.75. The summed E-state index contributed by atoms with van der Waals surface area (Å²) in [5, 5.41) is 7.05. The van der Waals surface area contributed by atoms with E-state index in [1.165, 1.54) is 18.9 Å². The second kappa shape index (κ2) is 2.86. The molecule has 1 rings (SSSR count). The van der Waals surface area contributed by atoms with E-state index in [4.69, 9.17) is 4.42 Å². The number of aryl methyl sites for hydroxylation is 1. The molecule has 0 saturated heterocycles. The highest BCUT2D eigenvalue weighted by atomic mass is 16.4. The minimum absolute atomic E-state index is 0.491. The van der Waals surface area contributed by atoms with Crippen molar-refractivity contribution >= 4 is 0 Å². The summed E-state index contributed by atoms with van der Waals surface area (Å²) in [6.45, 7) is 1.70. The summed E-state index contributed by atoms with van der Waals surface area (Å²) in [5.74, 6) is 0.491. The molecule has 0 bridgehead atoms. The van der Waals surface area contributed by atoms with Gasteiger partial charge >= 0.3 is 0 Å². The maximum atomic E-state index is 4.81. The molecule has 0 spiro atoms. The highest BCUT2D eigenvalue weighted by Crippen LogP contribution is 1.82. The van der Waals surface area contributed by atoms with Crippen molar-refractivity contribution in [3.8, 4) is 0 Å². The first-order valence-electron chi connectivity index (χ1n) is 2.43. The summed E-state index contributed by atoms with van der Waals surface area (Å²) < 4.78 is 9.43. The number of rotatable bonds is 0. The van der Waals surface area contributed by atoms with Crippen molar-refractivity contribution in [2.45, 2.75) is 6.92 Å². The minimum Gasteiger partial charge on any atom is -0.448 e. The molecule has 0 fully saturated rings. The molecule has 0 amide bonds. The molecule has 0 aliphatic heterocycles. The van der Waals surface area contributed by atoms with Crippen molar-refractivity contribution in [2.75, 3.05) is 0 Å². The Morgan fingerprint density at radius 3 is 3.22 bits per heavy atom. The van der Waals surface area contributed by atoms with Crippen molar-refractivity contribution < 1.29 is 8.83 Å². The van der Waals surface area contributed by atoms with Crippen LogP contribution < -0.4 is 0 Å². The fourth-order valence-electron chi connectivity index (χ4n) is 0.349. The average Bonchev–Trinajstić information content (AvgIpc) is 1.79. The lowest BCUT2D eigenvalue weighted by Crippen LogP contribution is -1.77. The minimum atomic E-state index is 0.491. The van der Waals surface area contributed by atoms with E-state index in [0.29, 0.717) is 5.89 Å². The lowest BCUT2D eigenvalue weighted by Gasteiger charge is -1.80. The van der Waals surface area contributed by atoms with E-state index in [1.54, 1.807) is 6.92 Å². The van der Waals surface area contributed by atoms with Crippen LogP contribution >= 0.6 is 0 Å². The van der Waals surface area contributed by atoms with Crippen molar-refractivity contribution in [3.63, 3.8) is 0 Å². The Morgan fingerprint density at radius 1 is 1.44 bits per heavy atom. The molecule has 4 nitrogen and oxygen atoms in total. The van der Waals surface area contributed by atoms with Gasteiger partial charge in [0.2, 0.25) is 12.3 Å². The van der Waals surface area contributed by atoms with Crippen LogP contribution in [0.15, 0.2) is 27.8 Å². The Labute approximate surface area is 51.8 Å². The van der Waals surface area contributed by atoms with E-state index in [0.717, 1.165) is 0 Å². The largest absolute Gasteiger partial charge is 0.448 e. The first-order chi connectivity index (χ1) is 4.39. The van der Waals surface area contributed by atoms with Crippen LogP contribution in [0.1, 0.15) is 5.89 Å². The van der Waals surface area contributed by atoms with Gasteiger partial charge in [0.05, 0.1) is 0 Å².